The molecule has 0 aliphatic carbocycles. The Morgan fingerprint density at radius 1 is 1.23 bits per heavy atom. The molecule has 0 saturated carbocycles. The predicted octanol–water partition coefficient (Wildman–Crippen LogP) is 5.44. The standard InChI is InChI=1S/C24H27N3O2S/c1-15(2)10-11-27-21(18-8-9-22-20(12-18)25-23(28)13-29-22)14-30-24(27)26-19-7-5-6-16(3)17(19)4/h5-9,12,14-15H,10-11,13H2,1-4H3,(H,25,28). The first-order valence-electron chi connectivity index (χ1n) is 10.3. The smallest absolute Gasteiger partial charge is 0.262 e. The van der Waals surface area contributed by atoms with Crippen molar-refractivity contribution >= 4 is 28.6 Å². The van der Waals surface area contributed by atoms with Gasteiger partial charge in [0.2, 0.25) is 0 Å². The van der Waals surface area contributed by atoms with Gasteiger partial charge in [0.25, 0.3) is 5.91 Å². The van der Waals surface area contributed by atoms with Gasteiger partial charge >= 0.3 is 0 Å². The number of aryl methyl sites for hydroxylation is 1. The van der Waals surface area contributed by atoms with Gasteiger partial charge in [-0.15, -0.1) is 11.3 Å². The van der Waals surface area contributed by atoms with Gasteiger partial charge in [0.15, 0.2) is 11.4 Å². The number of fused-ring (bicyclic) bond motifs is 1. The van der Waals surface area contributed by atoms with Crippen LogP contribution in [0.2, 0.25) is 0 Å². The van der Waals surface area contributed by atoms with E-state index in [1.165, 1.54) is 11.1 Å². The highest BCUT2D eigenvalue weighted by atomic mass is 32.1. The molecule has 156 valence electrons. The number of benzene rings is 2. The fourth-order valence-corrected chi connectivity index (χ4v) is 4.40. The lowest BCUT2D eigenvalue weighted by Crippen LogP contribution is -2.25. The van der Waals surface area contributed by atoms with E-state index >= 15 is 0 Å². The van der Waals surface area contributed by atoms with Crippen molar-refractivity contribution in [3.05, 3.63) is 57.7 Å². The number of aromatic nitrogens is 1. The van der Waals surface area contributed by atoms with Crippen LogP contribution in [0, 0.1) is 19.8 Å². The van der Waals surface area contributed by atoms with Gasteiger partial charge in [-0.1, -0.05) is 26.0 Å². The Morgan fingerprint density at radius 3 is 2.87 bits per heavy atom. The SMILES string of the molecule is Cc1cccc(N=c2scc(-c3ccc4c(c3)NC(=O)CO4)n2CCC(C)C)c1C. The van der Waals surface area contributed by atoms with Crippen LogP contribution in [0.3, 0.4) is 0 Å². The van der Waals surface area contributed by atoms with Crippen molar-refractivity contribution < 1.29 is 9.53 Å². The minimum Gasteiger partial charge on any atom is -0.482 e. The third-order valence-corrected chi connectivity index (χ3v) is 6.29. The molecule has 1 aliphatic rings. The molecule has 0 atom stereocenters. The first-order valence-corrected chi connectivity index (χ1v) is 11.2. The molecular weight excluding hydrogens is 394 g/mol. The summed E-state index contributed by atoms with van der Waals surface area (Å²) >= 11 is 1.65. The molecule has 2 aromatic carbocycles. The molecule has 0 fully saturated rings. The van der Waals surface area contributed by atoms with Gasteiger partial charge < -0.3 is 14.6 Å². The molecule has 1 N–H and O–H groups in total. The molecule has 2 heterocycles. The maximum absolute atomic E-state index is 11.7. The summed E-state index contributed by atoms with van der Waals surface area (Å²) in [6, 6.07) is 12.2. The number of hydrogen-bond donors (Lipinski definition) is 1. The Hall–Kier alpha value is -2.86. The average Bonchev–Trinajstić information content (AvgIpc) is 3.11. The highest BCUT2D eigenvalue weighted by Gasteiger charge is 2.18. The molecule has 1 amide bonds. The first kappa shape index (κ1) is 20.4. The van der Waals surface area contributed by atoms with E-state index in [0.717, 1.165) is 40.4 Å². The highest BCUT2D eigenvalue weighted by Crippen LogP contribution is 2.33. The van der Waals surface area contributed by atoms with Crippen LogP contribution < -0.4 is 14.9 Å². The molecule has 0 bridgehead atoms. The topological polar surface area (TPSA) is 55.6 Å². The first-order chi connectivity index (χ1) is 14.4. The second-order valence-electron chi connectivity index (χ2n) is 8.12. The maximum Gasteiger partial charge on any atom is 0.262 e. The number of amides is 1. The summed E-state index contributed by atoms with van der Waals surface area (Å²) in [7, 11) is 0. The van der Waals surface area contributed by atoms with Crippen LogP contribution in [0.25, 0.3) is 11.3 Å². The predicted molar refractivity (Wildman–Crippen MR) is 122 cm³/mol. The number of anilines is 1. The van der Waals surface area contributed by atoms with Gasteiger partial charge in [-0.3, -0.25) is 4.79 Å². The molecule has 3 aromatic rings. The Morgan fingerprint density at radius 2 is 2.07 bits per heavy atom. The van der Waals surface area contributed by atoms with E-state index in [4.69, 9.17) is 9.73 Å². The molecule has 1 aliphatic heterocycles. The van der Waals surface area contributed by atoms with Crippen LogP contribution in [-0.4, -0.2) is 17.1 Å². The van der Waals surface area contributed by atoms with E-state index in [1.54, 1.807) is 11.3 Å². The van der Waals surface area contributed by atoms with Gasteiger partial charge in [-0.25, -0.2) is 4.99 Å². The molecule has 0 radical (unpaired) electrons. The van der Waals surface area contributed by atoms with Crippen molar-refractivity contribution in [3.63, 3.8) is 0 Å². The Labute approximate surface area is 181 Å². The van der Waals surface area contributed by atoms with Crippen molar-refractivity contribution in [2.24, 2.45) is 10.9 Å². The lowest BCUT2D eigenvalue weighted by Gasteiger charge is -2.19. The second-order valence-corrected chi connectivity index (χ2v) is 8.95. The molecule has 5 nitrogen and oxygen atoms in total. The van der Waals surface area contributed by atoms with Crippen LogP contribution in [-0.2, 0) is 11.3 Å². The van der Waals surface area contributed by atoms with E-state index in [9.17, 15) is 4.79 Å². The number of thiazole rings is 1. The third kappa shape index (κ3) is 4.19. The van der Waals surface area contributed by atoms with Crippen LogP contribution in [0.15, 0.2) is 46.8 Å². The summed E-state index contributed by atoms with van der Waals surface area (Å²) in [6.45, 7) is 9.66. The van der Waals surface area contributed by atoms with Crippen molar-refractivity contribution in [2.45, 2.75) is 40.7 Å². The van der Waals surface area contributed by atoms with Crippen molar-refractivity contribution in [3.8, 4) is 17.0 Å². The van der Waals surface area contributed by atoms with E-state index < -0.39 is 0 Å². The zero-order valence-corrected chi connectivity index (χ0v) is 18.7. The summed E-state index contributed by atoms with van der Waals surface area (Å²) in [5.41, 5.74) is 6.32. The van der Waals surface area contributed by atoms with Gasteiger partial charge in [-0.2, -0.15) is 0 Å². The number of carbonyl (C=O) groups is 1. The summed E-state index contributed by atoms with van der Waals surface area (Å²) < 4.78 is 7.80. The minimum atomic E-state index is -0.122. The fraction of sp³-hybridized carbons (Fsp3) is 0.333. The van der Waals surface area contributed by atoms with Crippen molar-refractivity contribution in [2.75, 3.05) is 11.9 Å². The van der Waals surface area contributed by atoms with E-state index in [0.29, 0.717) is 11.7 Å². The summed E-state index contributed by atoms with van der Waals surface area (Å²) in [5.74, 6) is 1.18. The van der Waals surface area contributed by atoms with Gasteiger partial charge in [0, 0.05) is 17.5 Å². The lowest BCUT2D eigenvalue weighted by atomic mass is 10.1. The lowest BCUT2D eigenvalue weighted by molar-refractivity contribution is -0.118. The molecule has 30 heavy (non-hydrogen) atoms. The van der Waals surface area contributed by atoms with Gasteiger partial charge in [0.05, 0.1) is 17.1 Å². The van der Waals surface area contributed by atoms with Gasteiger partial charge in [-0.05, 0) is 61.6 Å². The van der Waals surface area contributed by atoms with E-state index in [-0.39, 0.29) is 12.5 Å². The molecule has 0 saturated heterocycles. The quantitative estimate of drug-likeness (QED) is 0.596. The van der Waals surface area contributed by atoms with Crippen LogP contribution >= 0.6 is 11.3 Å². The number of nitrogens with zero attached hydrogens (tertiary/aromatic N) is 2. The second kappa shape index (κ2) is 8.48. The summed E-state index contributed by atoms with van der Waals surface area (Å²) in [6.07, 6.45) is 1.06. The Kier molecular flexibility index (Phi) is 5.77. The van der Waals surface area contributed by atoms with Crippen LogP contribution in [0.5, 0.6) is 5.75 Å². The monoisotopic (exact) mass is 421 g/mol. The molecule has 4 rings (SSSR count). The average molecular weight is 422 g/mol. The Bertz CT molecular complexity index is 1160. The summed E-state index contributed by atoms with van der Waals surface area (Å²) in [5, 5.41) is 5.06. The van der Waals surface area contributed by atoms with Crippen molar-refractivity contribution in [1.29, 1.82) is 0 Å². The third-order valence-electron chi connectivity index (χ3n) is 5.43. The van der Waals surface area contributed by atoms with Crippen LogP contribution in [0.1, 0.15) is 31.4 Å². The number of rotatable bonds is 5. The molecule has 0 spiro atoms. The van der Waals surface area contributed by atoms with Crippen LogP contribution in [0.4, 0.5) is 11.4 Å². The normalized spacial score (nSPS) is 13.9. The van der Waals surface area contributed by atoms with E-state index in [2.05, 4.69) is 61.2 Å². The van der Waals surface area contributed by atoms with Gasteiger partial charge in [0.1, 0.15) is 5.75 Å². The zero-order valence-electron chi connectivity index (χ0n) is 17.9. The molecule has 0 unspecified atom stereocenters. The molecular formula is C24H27N3O2S. The number of carbonyl (C=O) groups excluding carboxylic acids is 1. The molecule has 1 aromatic heterocycles. The maximum atomic E-state index is 11.7. The molecule has 6 heteroatoms. The van der Waals surface area contributed by atoms with Crippen molar-refractivity contribution in [1.82, 2.24) is 4.57 Å². The summed E-state index contributed by atoms with van der Waals surface area (Å²) in [4.78, 5) is 17.7. The largest absolute Gasteiger partial charge is 0.482 e. The number of ether oxygens (including phenoxy) is 1. The Balaban J connectivity index is 1.81. The zero-order chi connectivity index (χ0) is 21.3. The van der Waals surface area contributed by atoms with E-state index in [1.807, 2.05) is 18.2 Å². The number of nitrogens with one attached hydrogen (secondary N) is 1. The number of hydrogen-bond acceptors (Lipinski definition) is 4. The fourth-order valence-electron chi connectivity index (χ4n) is 3.45. The highest BCUT2D eigenvalue weighted by molar-refractivity contribution is 7.07. The minimum absolute atomic E-state index is 0.0675.